The Hall–Kier alpha value is -3.41. The predicted octanol–water partition coefficient (Wildman–Crippen LogP) is 1.92. The maximum atomic E-state index is 9.21. The Morgan fingerprint density at radius 2 is 1.91 bits per heavy atom. The van der Waals surface area contributed by atoms with Crippen molar-refractivity contribution in [1.29, 1.82) is 5.26 Å². The maximum absolute atomic E-state index is 9.21. The van der Waals surface area contributed by atoms with Crippen molar-refractivity contribution < 1.29 is 0 Å². The fourth-order valence-corrected chi connectivity index (χ4v) is 4.71. The number of nitrogens with two attached hydrogens (primary N) is 1. The molecule has 3 aliphatic heterocycles. The van der Waals surface area contributed by atoms with Crippen molar-refractivity contribution in [3.63, 3.8) is 0 Å². The van der Waals surface area contributed by atoms with Crippen LogP contribution in [0.15, 0.2) is 46.7 Å². The van der Waals surface area contributed by atoms with Gasteiger partial charge in [0.1, 0.15) is 11.5 Å². The predicted molar refractivity (Wildman–Crippen MR) is 127 cm³/mol. The van der Waals surface area contributed by atoms with Gasteiger partial charge in [-0.05, 0) is 42.2 Å². The fourth-order valence-electron chi connectivity index (χ4n) is 4.71. The van der Waals surface area contributed by atoms with Crippen LogP contribution in [-0.4, -0.2) is 59.7 Å². The highest BCUT2D eigenvalue weighted by atomic mass is 15.4. The van der Waals surface area contributed by atoms with Gasteiger partial charge in [0.05, 0.1) is 23.7 Å². The summed E-state index contributed by atoms with van der Waals surface area (Å²) in [5.74, 6) is 1.11. The summed E-state index contributed by atoms with van der Waals surface area (Å²) < 4.78 is 2.04. The van der Waals surface area contributed by atoms with Crippen molar-refractivity contribution in [1.82, 2.24) is 19.8 Å². The van der Waals surface area contributed by atoms with Crippen LogP contribution in [0.25, 0.3) is 11.8 Å². The van der Waals surface area contributed by atoms with Gasteiger partial charge in [-0.1, -0.05) is 12.1 Å². The molecule has 0 spiro atoms. The van der Waals surface area contributed by atoms with Gasteiger partial charge >= 0.3 is 0 Å². The molecular weight excluding hydrogens is 400 g/mol. The summed E-state index contributed by atoms with van der Waals surface area (Å²) in [5.41, 5.74) is 12.0. The summed E-state index contributed by atoms with van der Waals surface area (Å²) in [6, 6.07) is 10.2. The number of imidazole rings is 1. The zero-order chi connectivity index (χ0) is 22.2. The van der Waals surface area contributed by atoms with Crippen molar-refractivity contribution in [3.05, 3.63) is 58.6 Å². The molecule has 0 saturated carbocycles. The number of benzene rings is 1. The van der Waals surface area contributed by atoms with Crippen LogP contribution < -0.4 is 16.0 Å². The standard InChI is InChI=1S/C24H28N8/c1-30-14-18(11-21-23(30)31(2)15-28-21)20-13-27-24(32-9-7-19(26)8-10-32)29-22(20)17-5-3-16(12-25)4-6-17/h3-6,11,13,15,19,24,29H,7-10,14,26H2,1-2H3. The SMILES string of the molecule is CN1CC(C2=C(c3ccc(C#N)cc3)NC(N3CCC(N)CC3)N=C2)=Cc2ncn(C)c21. The Kier molecular flexibility index (Phi) is 5.29. The summed E-state index contributed by atoms with van der Waals surface area (Å²) in [4.78, 5) is 14.0. The van der Waals surface area contributed by atoms with Crippen molar-refractivity contribution in [2.75, 3.05) is 31.6 Å². The van der Waals surface area contributed by atoms with Gasteiger partial charge in [0.15, 0.2) is 6.29 Å². The number of aliphatic imine (C=N–C) groups is 1. The maximum Gasteiger partial charge on any atom is 0.176 e. The lowest BCUT2D eigenvalue weighted by molar-refractivity contribution is 0.145. The summed E-state index contributed by atoms with van der Waals surface area (Å²) in [5, 5.41) is 12.9. The molecule has 0 aliphatic carbocycles. The Labute approximate surface area is 188 Å². The smallest absolute Gasteiger partial charge is 0.176 e. The van der Waals surface area contributed by atoms with E-state index in [9.17, 15) is 5.26 Å². The van der Waals surface area contributed by atoms with E-state index in [1.54, 1.807) is 0 Å². The van der Waals surface area contributed by atoms with Crippen molar-refractivity contribution in [3.8, 4) is 6.07 Å². The number of hydrogen-bond acceptors (Lipinski definition) is 7. The number of piperidine rings is 1. The summed E-state index contributed by atoms with van der Waals surface area (Å²) in [6.45, 7) is 2.61. The second kappa shape index (κ2) is 8.26. The molecule has 32 heavy (non-hydrogen) atoms. The average molecular weight is 429 g/mol. The van der Waals surface area contributed by atoms with Crippen molar-refractivity contribution in [2.45, 2.75) is 25.2 Å². The normalized spacial score (nSPS) is 21.8. The zero-order valence-corrected chi connectivity index (χ0v) is 18.5. The number of anilines is 1. The number of aryl methyl sites for hydroxylation is 1. The van der Waals surface area contributed by atoms with Gasteiger partial charge in [0.2, 0.25) is 0 Å². The second-order valence-electron chi connectivity index (χ2n) is 8.74. The quantitative estimate of drug-likeness (QED) is 0.775. The van der Waals surface area contributed by atoms with E-state index in [-0.39, 0.29) is 12.3 Å². The molecule has 1 saturated heterocycles. The molecule has 5 rings (SSSR count). The van der Waals surface area contributed by atoms with E-state index in [1.165, 1.54) is 0 Å². The molecule has 1 aromatic heterocycles. The first kappa shape index (κ1) is 20.5. The van der Waals surface area contributed by atoms with Crippen LogP contribution in [0, 0.1) is 11.3 Å². The minimum Gasteiger partial charge on any atom is -0.355 e. The number of likely N-dealkylation sites (N-methyl/N-ethyl adjacent to an activating group) is 1. The monoisotopic (exact) mass is 428 g/mol. The average Bonchev–Trinajstić information content (AvgIpc) is 3.20. The fraction of sp³-hybridized carbons (Fsp3) is 0.375. The number of rotatable bonds is 3. The number of hydrogen-bond donors (Lipinski definition) is 2. The number of fused-ring (bicyclic) bond motifs is 1. The molecule has 0 bridgehead atoms. The topological polar surface area (TPSA) is 98.5 Å². The molecular formula is C24H28N8. The molecule has 1 fully saturated rings. The minimum absolute atomic E-state index is 0.121. The Balaban J connectivity index is 1.53. The minimum atomic E-state index is -0.121. The highest BCUT2D eigenvalue weighted by Gasteiger charge is 2.29. The molecule has 4 heterocycles. The van der Waals surface area contributed by atoms with Crippen LogP contribution in [0.1, 0.15) is 29.7 Å². The van der Waals surface area contributed by atoms with Gasteiger partial charge < -0.3 is 20.5 Å². The number of nitriles is 1. The van der Waals surface area contributed by atoms with Crippen LogP contribution in [-0.2, 0) is 7.05 Å². The van der Waals surface area contributed by atoms with Crippen LogP contribution in [0.4, 0.5) is 5.82 Å². The molecule has 0 amide bonds. The molecule has 0 radical (unpaired) electrons. The van der Waals surface area contributed by atoms with Crippen LogP contribution in [0.5, 0.6) is 0 Å². The van der Waals surface area contributed by atoms with Gasteiger partial charge in [-0.2, -0.15) is 5.26 Å². The number of nitrogens with zero attached hydrogens (tertiary/aromatic N) is 6. The van der Waals surface area contributed by atoms with Gasteiger partial charge in [-0.25, -0.2) is 4.98 Å². The molecule has 3 N–H and O–H groups in total. The van der Waals surface area contributed by atoms with Crippen LogP contribution in [0.3, 0.4) is 0 Å². The Morgan fingerprint density at radius 3 is 2.62 bits per heavy atom. The van der Waals surface area contributed by atoms with Crippen molar-refractivity contribution >= 4 is 23.8 Å². The van der Waals surface area contributed by atoms with Crippen LogP contribution >= 0.6 is 0 Å². The summed E-state index contributed by atoms with van der Waals surface area (Å²) in [6.07, 6.45) is 7.84. The lowest BCUT2D eigenvalue weighted by Crippen LogP contribution is -2.51. The lowest BCUT2D eigenvalue weighted by atomic mass is 9.95. The van der Waals surface area contributed by atoms with E-state index >= 15 is 0 Å². The first-order chi connectivity index (χ1) is 15.5. The molecule has 3 aliphatic rings. The first-order valence-electron chi connectivity index (χ1n) is 11.0. The number of nitrogens with one attached hydrogen (secondary N) is 1. The van der Waals surface area contributed by atoms with E-state index < -0.39 is 0 Å². The van der Waals surface area contributed by atoms with Crippen molar-refractivity contribution in [2.24, 2.45) is 17.8 Å². The van der Waals surface area contributed by atoms with Gasteiger partial charge in [-0.15, -0.1) is 0 Å². The Bertz CT molecular complexity index is 1140. The molecule has 1 atom stereocenters. The van der Waals surface area contributed by atoms with E-state index in [0.717, 1.165) is 66.4 Å². The zero-order valence-electron chi connectivity index (χ0n) is 18.5. The van der Waals surface area contributed by atoms with E-state index in [0.29, 0.717) is 5.56 Å². The summed E-state index contributed by atoms with van der Waals surface area (Å²) >= 11 is 0. The van der Waals surface area contributed by atoms with E-state index in [2.05, 4.69) is 39.3 Å². The van der Waals surface area contributed by atoms with Gasteiger partial charge in [0, 0.05) is 51.6 Å². The van der Waals surface area contributed by atoms with E-state index in [4.69, 9.17) is 10.7 Å². The van der Waals surface area contributed by atoms with Gasteiger partial charge in [0.25, 0.3) is 0 Å². The summed E-state index contributed by atoms with van der Waals surface area (Å²) in [7, 11) is 4.10. The highest BCUT2D eigenvalue weighted by Crippen LogP contribution is 2.33. The third-order valence-electron chi connectivity index (χ3n) is 6.47. The Morgan fingerprint density at radius 1 is 1.16 bits per heavy atom. The first-order valence-corrected chi connectivity index (χ1v) is 11.0. The third-order valence-corrected chi connectivity index (χ3v) is 6.47. The number of likely N-dealkylation sites (tertiary alicyclic amines) is 1. The molecule has 8 nitrogen and oxygen atoms in total. The number of aromatic nitrogens is 2. The lowest BCUT2D eigenvalue weighted by Gasteiger charge is -2.38. The highest BCUT2D eigenvalue weighted by molar-refractivity contribution is 5.99. The largest absolute Gasteiger partial charge is 0.355 e. The van der Waals surface area contributed by atoms with E-state index in [1.807, 2.05) is 48.4 Å². The molecule has 2 aromatic rings. The second-order valence-corrected chi connectivity index (χ2v) is 8.74. The molecule has 164 valence electrons. The molecule has 1 unspecified atom stereocenters. The van der Waals surface area contributed by atoms with Crippen LogP contribution in [0.2, 0.25) is 0 Å². The molecule has 8 heteroatoms. The molecule has 1 aromatic carbocycles. The van der Waals surface area contributed by atoms with Gasteiger partial charge in [-0.3, -0.25) is 9.89 Å². The third kappa shape index (κ3) is 3.70.